The van der Waals surface area contributed by atoms with Crippen molar-refractivity contribution in [3.05, 3.63) is 53.3 Å². The first-order valence-corrected chi connectivity index (χ1v) is 5.82. The largest absolute Gasteiger partial charge is 0.354 e. The first-order chi connectivity index (χ1) is 8.25. The van der Waals surface area contributed by atoms with E-state index in [4.69, 9.17) is 11.6 Å². The van der Waals surface area contributed by atoms with Gasteiger partial charge in [-0.15, -0.1) is 0 Å². The van der Waals surface area contributed by atoms with Crippen molar-refractivity contribution in [2.45, 2.75) is 6.92 Å². The lowest BCUT2D eigenvalue weighted by Crippen LogP contribution is -1.81. The Morgan fingerprint density at radius 1 is 1.24 bits per heavy atom. The third-order valence-electron chi connectivity index (χ3n) is 2.97. The Labute approximate surface area is 104 Å². The van der Waals surface area contributed by atoms with Crippen LogP contribution in [-0.2, 0) is 0 Å². The number of rotatable bonds is 1. The molecule has 0 radical (unpaired) electrons. The molecule has 0 saturated heterocycles. The molecule has 17 heavy (non-hydrogen) atoms. The van der Waals surface area contributed by atoms with E-state index in [2.05, 4.69) is 16.9 Å². The first-order valence-electron chi connectivity index (χ1n) is 5.44. The molecule has 0 aliphatic rings. The van der Waals surface area contributed by atoms with Gasteiger partial charge in [0.2, 0.25) is 0 Å². The van der Waals surface area contributed by atoms with Gasteiger partial charge in [0, 0.05) is 33.9 Å². The molecule has 3 rings (SSSR count). The lowest BCUT2D eigenvalue weighted by Gasteiger charge is -1.98. The van der Waals surface area contributed by atoms with Crippen LogP contribution >= 0.6 is 11.6 Å². The van der Waals surface area contributed by atoms with Crippen LogP contribution in [0.1, 0.15) is 5.56 Å². The Kier molecular flexibility index (Phi) is 2.37. The van der Waals surface area contributed by atoms with E-state index in [9.17, 15) is 0 Å². The zero-order valence-corrected chi connectivity index (χ0v) is 10.1. The summed E-state index contributed by atoms with van der Waals surface area (Å²) in [5.41, 5.74) is 4.49. The van der Waals surface area contributed by atoms with Crippen LogP contribution in [-0.4, -0.2) is 9.97 Å². The van der Waals surface area contributed by atoms with Crippen LogP contribution in [0.2, 0.25) is 5.02 Å². The predicted molar refractivity (Wildman–Crippen MR) is 71.3 cm³/mol. The lowest BCUT2D eigenvalue weighted by molar-refractivity contribution is 1.30. The van der Waals surface area contributed by atoms with E-state index in [1.54, 1.807) is 6.20 Å². The van der Waals surface area contributed by atoms with Crippen molar-refractivity contribution in [3.8, 4) is 11.3 Å². The molecule has 1 aromatic carbocycles. The molecule has 0 atom stereocenters. The molecule has 2 heterocycles. The Hall–Kier alpha value is -1.80. The molecule has 0 saturated carbocycles. The van der Waals surface area contributed by atoms with Crippen molar-refractivity contribution in [2.24, 2.45) is 0 Å². The second kappa shape index (κ2) is 3.90. The van der Waals surface area contributed by atoms with E-state index in [1.807, 2.05) is 36.5 Å². The summed E-state index contributed by atoms with van der Waals surface area (Å²) >= 11 is 5.99. The zero-order chi connectivity index (χ0) is 11.8. The summed E-state index contributed by atoms with van der Waals surface area (Å²) in [6, 6.07) is 9.89. The summed E-state index contributed by atoms with van der Waals surface area (Å²) < 4.78 is 0. The van der Waals surface area contributed by atoms with E-state index >= 15 is 0 Å². The third-order valence-corrected chi connectivity index (χ3v) is 3.21. The summed E-state index contributed by atoms with van der Waals surface area (Å²) in [6.45, 7) is 2.11. The maximum absolute atomic E-state index is 5.99. The fourth-order valence-corrected chi connectivity index (χ4v) is 2.28. The SMILES string of the molecule is Cc1c(-c2cccnc2)[nH]c2cc(Cl)ccc12. The van der Waals surface area contributed by atoms with Crippen LogP contribution in [0.5, 0.6) is 0 Å². The van der Waals surface area contributed by atoms with E-state index in [0.717, 1.165) is 21.8 Å². The summed E-state index contributed by atoms with van der Waals surface area (Å²) in [7, 11) is 0. The summed E-state index contributed by atoms with van der Waals surface area (Å²) in [6.07, 6.45) is 3.64. The van der Waals surface area contributed by atoms with E-state index in [1.165, 1.54) is 10.9 Å². The monoisotopic (exact) mass is 242 g/mol. The van der Waals surface area contributed by atoms with Gasteiger partial charge in [-0.1, -0.05) is 17.7 Å². The van der Waals surface area contributed by atoms with Crippen LogP contribution in [0.15, 0.2) is 42.7 Å². The number of benzene rings is 1. The molecule has 0 bridgehead atoms. The molecule has 0 fully saturated rings. The fraction of sp³-hybridized carbons (Fsp3) is 0.0714. The van der Waals surface area contributed by atoms with Gasteiger partial charge in [0.1, 0.15) is 0 Å². The number of hydrogen-bond donors (Lipinski definition) is 1. The number of nitrogens with zero attached hydrogens (tertiary/aromatic N) is 1. The van der Waals surface area contributed by atoms with Crippen molar-refractivity contribution < 1.29 is 0 Å². The molecule has 84 valence electrons. The van der Waals surface area contributed by atoms with Crippen molar-refractivity contribution >= 4 is 22.5 Å². The Bertz CT molecular complexity index is 671. The highest BCUT2D eigenvalue weighted by Crippen LogP contribution is 2.30. The van der Waals surface area contributed by atoms with Crippen LogP contribution in [0, 0.1) is 6.92 Å². The van der Waals surface area contributed by atoms with E-state index in [0.29, 0.717) is 0 Å². The van der Waals surface area contributed by atoms with Crippen LogP contribution < -0.4 is 0 Å². The topological polar surface area (TPSA) is 28.7 Å². The van der Waals surface area contributed by atoms with Gasteiger partial charge in [-0.3, -0.25) is 4.98 Å². The van der Waals surface area contributed by atoms with Crippen LogP contribution in [0.25, 0.3) is 22.2 Å². The average Bonchev–Trinajstić information content (AvgIpc) is 2.67. The van der Waals surface area contributed by atoms with Crippen molar-refractivity contribution in [1.29, 1.82) is 0 Å². The molecule has 0 amide bonds. The summed E-state index contributed by atoms with van der Waals surface area (Å²) in [5.74, 6) is 0. The minimum Gasteiger partial charge on any atom is -0.354 e. The molecular formula is C14H11ClN2. The molecule has 0 unspecified atom stereocenters. The van der Waals surface area contributed by atoms with Gasteiger partial charge in [0.15, 0.2) is 0 Å². The van der Waals surface area contributed by atoms with Gasteiger partial charge >= 0.3 is 0 Å². The lowest BCUT2D eigenvalue weighted by atomic mass is 10.1. The molecule has 1 N–H and O–H groups in total. The maximum Gasteiger partial charge on any atom is 0.0510 e. The van der Waals surface area contributed by atoms with Gasteiger partial charge in [0.25, 0.3) is 0 Å². The standard InChI is InChI=1S/C14H11ClN2/c1-9-12-5-4-11(15)7-13(12)17-14(9)10-3-2-6-16-8-10/h2-8,17H,1H3. The number of nitrogens with one attached hydrogen (secondary N) is 1. The highest BCUT2D eigenvalue weighted by molar-refractivity contribution is 6.31. The van der Waals surface area contributed by atoms with Gasteiger partial charge in [0.05, 0.1) is 5.69 Å². The molecule has 3 heteroatoms. The zero-order valence-electron chi connectivity index (χ0n) is 9.37. The predicted octanol–water partition coefficient (Wildman–Crippen LogP) is 4.19. The first kappa shape index (κ1) is 10.4. The van der Waals surface area contributed by atoms with Gasteiger partial charge in [-0.05, 0) is 36.8 Å². The molecule has 0 aliphatic heterocycles. The fourth-order valence-electron chi connectivity index (χ4n) is 2.11. The summed E-state index contributed by atoms with van der Waals surface area (Å²) in [4.78, 5) is 7.54. The smallest absolute Gasteiger partial charge is 0.0510 e. The third kappa shape index (κ3) is 1.71. The quantitative estimate of drug-likeness (QED) is 0.681. The minimum atomic E-state index is 0.747. The number of fused-ring (bicyclic) bond motifs is 1. The van der Waals surface area contributed by atoms with E-state index < -0.39 is 0 Å². The number of aromatic amines is 1. The van der Waals surface area contributed by atoms with Gasteiger partial charge < -0.3 is 4.98 Å². The molecule has 0 spiro atoms. The van der Waals surface area contributed by atoms with E-state index in [-0.39, 0.29) is 0 Å². The van der Waals surface area contributed by atoms with Crippen molar-refractivity contribution in [3.63, 3.8) is 0 Å². The van der Waals surface area contributed by atoms with Crippen LogP contribution in [0.3, 0.4) is 0 Å². The molecule has 0 aliphatic carbocycles. The number of aryl methyl sites for hydroxylation is 1. The normalized spacial score (nSPS) is 10.9. The molecule has 2 aromatic heterocycles. The molecule has 3 aromatic rings. The Balaban J connectivity index is 2.28. The minimum absolute atomic E-state index is 0.747. The number of H-pyrrole nitrogens is 1. The number of pyridine rings is 1. The number of hydrogen-bond acceptors (Lipinski definition) is 1. The van der Waals surface area contributed by atoms with Gasteiger partial charge in [-0.2, -0.15) is 0 Å². The van der Waals surface area contributed by atoms with Crippen molar-refractivity contribution in [2.75, 3.05) is 0 Å². The highest BCUT2D eigenvalue weighted by Gasteiger charge is 2.09. The van der Waals surface area contributed by atoms with Gasteiger partial charge in [-0.25, -0.2) is 0 Å². The molecular weight excluding hydrogens is 232 g/mol. The maximum atomic E-state index is 5.99. The van der Waals surface area contributed by atoms with Crippen LogP contribution in [0.4, 0.5) is 0 Å². The Morgan fingerprint density at radius 3 is 2.88 bits per heavy atom. The molecule has 2 nitrogen and oxygen atoms in total. The highest BCUT2D eigenvalue weighted by atomic mass is 35.5. The summed E-state index contributed by atoms with van der Waals surface area (Å²) in [5, 5.41) is 1.95. The number of aromatic nitrogens is 2. The second-order valence-electron chi connectivity index (χ2n) is 4.06. The van der Waals surface area contributed by atoms with Crippen molar-refractivity contribution in [1.82, 2.24) is 9.97 Å². The number of halogens is 1. The Morgan fingerprint density at radius 2 is 2.12 bits per heavy atom. The average molecular weight is 243 g/mol. The second-order valence-corrected chi connectivity index (χ2v) is 4.49.